The minimum absolute atomic E-state index is 0.156. The number of amides is 1. The molecule has 0 aliphatic heterocycles. The number of carbonyl (C=O) groups is 1. The van der Waals surface area contributed by atoms with Crippen LogP contribution in [0.4, 0.5) is 25.8 Å². The van der Waals surface area contributed by atoms with Gasteiger partial charge in [0.1, 0.15) is 18.6 Å². The molecule has 2 rings (SSSR count). The zero-order chi connectivity index (χ0) is 20.1. The number of non-ortho nitro benzene ring substituents is 1. The van der Waals surface area contributed by atoms with Crippen molar-refractivity contribution in [3.63, 3.8) is 0 Å². The number of halogens is 2. The maximum Gasteiger partial charge on any atom is 0.320 e. The van der Waals surface area contributed by atoms with Crippen LogP contribution in [0.2, 0.25) is 0 Å². The molecule has 0 fully saturated rings. The Balaban J connectivity index is 2.36. The largest absolute Gasteiger partial charge is 0.487 e. The Labute approximate surface area is 149 Å². The van der Waals surface area contributed by atoms with Gasteiger partial charge in [-0.25, -0.2) is 8.78 Å². The third-order valence-corrected chi connectivity index (χ3v) is 3.27. The average Bonchev–Trinajstić information content (AvgIpc) is 3.04. The number of ether oxygens (including phenoxy) is 1. The summed E-state index contributed by atoms with van der Waals surface area (Å²) in [5, 5.41) is 28.0. The van der Waals surface area contributed by atoms with E-state index in [9.17, 15) is 33.8 Å². The number of benzene rings is 1. The lowest BCUT2D eigenvalue weighted by molar-refractivity contribution is -0.385. The highest BCUT2D eigenvalue weighted by atomic mass is 19.3. The lowest BCUT2D eigenvalue weighted by atomic mass is 10.2. The van der Waals surface area contributed by atoms with Gasteiger partial charge in [0.15, 0.2) is 0 Å². The summed E-state index contributed by atoms with van der Waals surface area (Å²) in [7, 11) is 0. The predicted molar refractivity (Wildman–Crippen MR) is 87.1 cm³/mol. The van der Waals surface area contributed by atoms with Gasteiger partial charge in [-0.3, -0.25) is 29.7 Å². The number of nitrogens with zero attached hydrogens (tertiary/aromatic N) is 4. The van der Waals surface area contributed by atoms with E-state index in [1.165, 1.54) is 0 Å². The van der Waals surface area contributed by atoms with Gasteiger partial charge in [0, 0.05) is 18.7 Å². The lowest BCUT2D eigenvalue weighted by Gasteiger charge is -2.10. The molecule has 0 saturated carbocycles. The number of aromatic nitrogens is 2. The van der Waals surface area contributed by atoms with Gasteiger partial charge in [0.25, 0.3) is 18.0 Å². The Morgan fingerprint density at radius 2 is 2.00 bits per heavy atom. The second kappa shape index (κ2) is 8.16. The minimum Gasteiger partial charge on any atom is -0.487 e. The summed E-state index contributed by atoms with van der Waals surface area (Å²) in [4.78, 5) is 32.9. The molecule has 1 heterocycles. The molecular formula is C14H13F2N5O6. The number of nitrogens with one attached hydrogen (secondary N) is 1. The molecule has 1 amide bonds. The summed E-state index contributed by atoms with van der Waals surface area (Å²) in [5.74, 6) is -1.21. The van der Waals surface area contributed by atoms with Crippen LogP contribution in [0.3, 0.4) is 0 Å². The molecule has 13 heteroatoms. The van der Waals surface area contributed by atoms with E-state index in [0.717, 1.165) is 29.1 Å². The van der Waals surface area contributed by atoms with Crippen molar-refractivity contribution in [2.45, 2.75) is 19.9 Å². The summed E-state index contributed by atoms with van der Waals surface area (Å²) in [6.45, 7) is 0.772. The molecule has 0 radical (unpaired) electrons. The molecule has 0 aliphatic carbocycles. The molecule has 0 bridgehead atoms. The van der Waals surface area contributed by atoms with Crippen molar-refractivity contribution in [1.29, 1.82) is 0 Å². The van der Waals surface area contributed by atoms with Gasteiger partial charge in [-0.1, -0.05) is 0 Å². The van der Waals surface area contributed by atoms with Crippen molar-refractivity contribution in [2.75, 3.05) is 11.9 Å². The predicted octanol–water partition coefficient (Wildman–Crippen LogP) is 2.62. The van der Waals surface area contributed by atoms with Gasteiger partial charge in [0.2, 0.25) is 5.69 Å². The van der Waals surface area contributed by atoms with Gasteiger partial charge >= 0.3 is 5.69 Å². The molecule has 0 spiro atoms. The fraction of sp³-hybridized carbons (Fsp3) is 0.286. The number of nitro benzene ring substituents is 1. The molecule has 144 valence electrons. The maximum atomic E-state index is 12.4. The first kappa shape index (κ1) is 19.7. The number of hydrogen-bond donors (Lipinski definition) is 1. The minimum atomic E-state index is -2.80. The topological polar surface area (TPSA) is 142 Å². The summed E-state index contributed by atoms with van der Waals surface area (Å²) in [5.41, 5.74) is -1.58. The number of anilines is 1. The van der Waals surface area contributed by atoms with Crippen molar-refractivity contribution in [3.8, 4) is 5.75 Å². The Bertz CT molecular complexity index is 885. The Hall–Kier alpha value is -3.64. The van der Waals surface area contributed by atoms with Gasteiger partial charge < -0.3 is 10.1 Å². The van der Waals surface area contributed by atoms with Crippen LogP contribution in [-0.2, 0) is 6.54 Å². The standard InChI is InChI=1S/C14H13F2N5O6/c1-2-19-13(11(6-17-19)21(25)26)14(22)18-8-3-9(20(23)24)5-10(4-8)27-7-12(15)16/h3-6,12H,2,7H2,1H3,(H,18,22). The van der Waals surface area contributed by atoms with Gasteiger partial charge in [-0.2, -0.15) is 5.10 Å². The Morgan fingerprint density at radius 1 is 1.30 bits per heavy atom. The van der Waals surface area contributed by atoms with Crippen LogP contribution < -0.4 is 10.1 Å². The van der Waals surface area contributed by atoms with Gasteiger partial charge in [0.05, 0.1) is 21.6 Å². The third-order valence-electron chi connectivity index (χ3n) is 3.27. The highest BCUT2D eigenvalue weighted by Crippen LogP contribution is 2.27. The summed E-state index contributed by atoms with van der Waals surface area (Å²) in [6, 6.07) is 2.97. The Morgan fingerprint density at radius 3 is 2.56 bits per heavy atom. The molecule has 1 aromatic carbocycles. The summed E-state index contributed by atoms with van der Waals surface area (Å²) in [6.07, 6.45) is -1.90. The average molecular weight is 385 g/mol. The van der Waals surface area contributed by atoms with E-state index in [4.69, 9.17) is 4.74 Å². The van der Waals surface area contributed by atoms with E-state index < -0.39 is 40.2 Å². The normalized spacial score (nSPS) is 10.7. The highest BCUT2D eigenvalue weighted by Gasteiger charge is 2.27. The number of hydrogen-bond acceptors (Lipinski definition) is 7. The maximum absolute atomic E-state index is 12.4. The molecule has 0 aliphatic rings. The van der Waals surface area contributed by atoms with Crippen LogP contribution >= 0.6 is 0 Å². The van der Waals surface area contributed by atoms with Crippen molar-refractivity contribution >= 4 is 23.0 Å². The molecule has 1 N–H and O–H groups in total. The van der Waals surface area contributed by atoms with E-state index in [1.54, 1.807) is 6.92 Å². The summed E-state index contributed by atoms with van der Waals surface area (Å²) < 4.78 is 30.4. The zero-order valence-electron chi connectivity index (χ0n) is 13.8. The van der Waals surface area contributed by atoms with Crippen LogP contribution in [0.15, 0.2) is 24.4 Å². The number of nitro groups is 2. The van der Waals surface area contributed by atoms with Crippen molar-refractivity contribution in [2.24, 2.45) is 0 Å². The van der Waals surface area contributed by atoms with E-state index in [1.807, 2.05) is 0 Å². The highest BCUT2D eigenvalue weighted by molar-refractivity contribution is 6.06. The van der Waals surface area contributed by atoms with E-state index in [-0.39, 0.29) is 23.7 Å². The second-order valence-electron chi connectivity index (χ2n) is 5.08. The summed E-state index contributed by atoms with van der Waals surface area (Å²) >= 11 is 0. The molecule has 0 atom stereocenters. The molecular weight excluding hydrogens is 372 g/mol. The number of carbonyl (C=O) groups excluding carboxylic acids is 1. The van der Waals surface area contributed by atoms with E-state index in [2.05, 4.69) is 10.4 Å². The second-order valence-corrected chi connectivity index (χ2v) is 5.08. The first-order valence-electron chi connectivity index (χ1n) is 7.44. The molecule has 1 aromatic heterocycles. The van der Waals surface area contributed by atoms with Crippen molar-refractivity contribution in [1.82, 2.24) is 9.78 Å². The number of alkyl halides is 2. The monoisotopic (exact) mass is 385 g/mol. The van der Waals surface area contributed by atoms with Crippen LogP contribution in [0.25, 0.3) is 0 Å². The smallest absolute Gasteiger partial charge is 0.320 e. The van der Waals surface area contributed by atoms with Crippen LogP contribution in [0, 0.1) is 20.2 Å². The fourth-order valence-electron chi connectivity index (χ4n) is 2.18. The first-order valence-corrected chi connectivity index (χ1v) is 7.44. The SMILES string of the molecule is CCn1ncc([N+](=O)[O-])c1C(=O)Nc1cc(OCC(F)F)cc([N+](=O)[O-])c1. The molecule has 0 saturated heterocycles. The molecule has 27 heavy (non-hydrogen) atoms. The third kappa shape index (κ3) is 4.71. The Kier molecular flexibility index (Phi) is 5.95. The first-order chi connectivity index (χ1) is 12.7. The van der Waals surface area contributed by atoms with Gasteiger partial charge in [-0.05, 0) is 6.92 Å². The quantitative estimate of drug-likeness (QED) is 0.543. The van der Waals surface area contributed by atoms with Crippen molar-refractivity contribution < 1.29 is 28.2 Å². The lowest BCUT2D eigenvalue weighted by Crippen LogP contribution is -2.19. The molecule has 2 aromatic rings. The number of rotatable bonds is 8. The molecule has 0 unspecified atom stereocenters. The van der Waals surface area contributed by atoms with E-state index >= 15 is 0 Å². The van der Waals surface area contributed by atoms with Crippen molar-refractivity contribution in [3.05, 3.63) is 50.3 Å². The number of aryl methyl sites for hydroxylation is 1. The van der Waals surface area contributed by atoms with Gasteiger partial charge in [-0.15, -0.1) is 0 Å². The van der Waals surface area contributed by atoms with Crippen LogP contribution in [0.5, 0.6) is 5.75 Å². The fourth-order valence-corrected chi connectivity index (χ4v) is 2.18. The van der Waals surface area contributed by atoms with E-state index in [0.29, 0.717) is 0 Å². The van der Waals surface area contributed by atoms with Crippen LogP contribution in [-0.4, -0.2) is 38.6 Å². The molecule has 11 nitrogen and oxygen atoms in total. The zero-order valence-corrected chi connectivity index (χ0v) is 13.8. The van der Waals surface area contributed by atoms with Crippen LogP contribution in [0.1, 0.15) is 17.4 Å².